The first-order chi connectivity index (χ1) is 11.0. The number of rotatable bonds is 6. The van der Waals surface area contributed by atoms with Crippen LogP contribution in [-0.2, 0) is 0 Å². The van der Waals surface area contributed by atoms with Crippen molar-refractivity contribution in [2.45, 2.75) is 6.92 Å². The van der Waals surface area contributed by atoms with Crippen LogP contribution in [0.1, 0.15) is 22.8 Å². The third kappa shape index (κ3) is 4.37. The molecular formula is C16H15ClN2O4. The van der Waals surface area contributed by atoms with Crippen LogP contribution < -0.4 is 10.2 Å². The summed E-state index contributed by atoms with van der Waals surface area (Å²) >= 11 is 5.93. The third-order valence-electron chi connectivity index (χ3n) is 2.89. The van der Waals surface area contributed by atoms with E-state index in [-0.39, 0.29) is 22.1 Å². The van der Waals surface area contributed by atoms with Gasteiger partial charge in [-0.15, -0.1) is 0 Å². The Morgan fingerprint density at radius 2 is 2.04 bits per heavy atom. The van der Waals surface area contributed by atoms with Crippen molar-refractivity contribution in [3.8, 4) is 11.5 Å². The predicted molar refractivity (Wildman–Crippen MR) is 88.9 cm³/mol. The summed E-state index contributed by atoms with van der Waals surface area (Å²) in [7, 11) is 0. The van der Waals surface area contributed by atoms with Gasteiger partial charge < -0.3 is 14.9 Å². The maximum atomic E-state index is 10.8. The van der Waals surface area contributed by atoms with Crippen LogP contribution in [0.4, 0.5) is 5.69 Å². The van der Waals surface area contributed by atoms with Gasteiger partial charge in [0.15, 0.2) is 11.5 Å². The zero-order valence-electron chi connectivity index (χ0n) is 12.3. The molecule has 0 fully saturated rings. The molecule has 2 aromatic carbocycles. The Morgan fingerprint density at radius 1 is 1.35 bits per heavy atom. The van der Waals surface area contributed by atoms with Crippen molar-refractivity contribution >= 4 is 29.5 Å². The van der Waals surface area contributed by atoms with Crippen LogP contribution in [0.25, 0.3) is 0 Å². The summed E-state index contributed by atoms with van der Waals surface area (Å²) in [5.41, 5.74) is 4.26. The van der Waals surface area contributed by atoms with Crippen molar-refractivity contribution in [1.82, 2.24) is 0 Å². The predicted octanol–water partition coefficient (Wildman–Crippen LogP) is 3.59. The van der Waals surface area contributed by atoms with Gasteiger partial charge in [0.1, 0.15) is 0 Å². The number of aromatic carboxylic acids is 1. The number of halogens is 1. The van der Waals surface area contributed by atoms with Gasteiger partial charge in [-0.25, -0.2) is 4.79 Å². The van der Waals surface area contributed by atoms with Gasteiger partial charge in [-0.1, -0.05) is 11.6 Å². The van der Waals surface area contributed by atoms with Gasteiger partial charge in [0.25, 0.3) is 0 Å². The summed E-state index contributed by atoms with van der Waals surface area (Å²) in [6.45, 7) is 2.20. The molecule has 0 saturated carbocycles. The molecule has 0 unspecified atom stereocenters. The topological polar surface area (TPSA) is 91.2 Å². The number of nitrogens with zero attached hydrogens (tertiary/aromatic N) is 1. The van der Waals surface area contributed by atoms with E-state index in [1.807, 2.05) is 0 Å². The van der Waals surface area contributed by atoms with Crippen molar-refractivity contribution in [3.05, 3.63) is 52.5 Å². The molecule has 120 valence electrons. The van der Waals surface area contributed by atoms with Crippen LogP contribution in [0, 0.1) is 0 Å². The van der Waals surface area contributed by atoms with Gasteiger partial charge in [0, 0.05) is 0 Å². The molecule has 0 saturated heterocycles. The lowest BCUT2D eigenvalue weighted by Crippen LogP contribution is -1.97. The van der Waals surface area contributed by atoms with Gasteiger partial charge >= 0.3 is 5.97 Å². The molecule has 3 N–H and O–H groups in total. The number of phenols is 1. The molecule has 0 radical (unpaired) electrons. The highest BCUT2D eigenvalue weighted by Crippen LogP contribution is 2.34. The third-order valence-corrected chi connectivity index (χ3v) is 3.18. The Morgan fingerprint density at radius 3 is 2.65 bits per heavy atom. The molecule has 0 spiro atoms. The number of hydrogen-bond acceptors (Lipinski definition) is 5. The highest BCUT2D eigenvalue weighted by molar-refractivity contribution is 6.32. The Labute approximate surface area is 138 Å². The first-order valence-corrected chi connectivity index (χ1v) is 7.16. The summed E-state index contributed by atoms with van der Waals surface area (Å²) in [5.74, 6) is -0.808. The molecule has 0 aliphatic carbocycles. The second-order valence-corrected chi connectivity index (χ2v) is 4.94. The zero-order valence-corrected chi connectivity index (χ0v) is 13.0. The van der Waals surface area contributed by atoms with E-state index in [2.05, 4.69) is 10.5 Å². The van der Waals surface area contributed by atoms with Gasteiger partial charge in [0.2, 0.25) is 0 Å². The molecule has 7 heteroatoms. The monoisotopic (exact) mass is 334 g/mol. The van der Waals surface area contributed by atoms with Crippen LogP contribution in [0.15, 0.2) is 41.5 Å². The lowest BCUT2D eigenvalue weighted by molar-refractivity contribution is 0.0697. The van der Waals surface area contributed by atoms with E-state index in [9.17, 15) is 9.90 Å². The van der Waals surface area contributed by atoms with Crippen LogP contribution in [0.2, 0.25) is 5.02 Å². The van der Waals surface area contributed by atoms with Gasteiger partial charge in [-0.05, 0) is 48.9 Å². The fourth-order valence-corrected chi connectivity index (χ4v) is 2.02. The van der Waals surface area contributed by atoms with Crippen LogP contribution in [0.5, 0.6) is 11.5 Å². The normalized spacial score (nSPS) is 10.7. The number of phenolic OH excluding ortho intramolecular Hbond substituents is 1. The minimum atomic E-state index is -0.984. The van der Waals surface area contributed by atoms with Crippen LogP contribution in [0.3, 0.4) is 0 Å². The van der Waals surface area contributed by atoms with E-state index in [1.165, 1.54) is 18.3 Å². The van der Waals surface area contributed by atoms with E-state index in [0.717, 1.165) is 0 Å². The fraction of sp³-hybridized carbons (Fsp3) is 0.125. The Bertz CT molecular complexity index is 730. The highest BCUT2D eigenvalue weighted by atomic mass is 35.5. The first kappa shape index (κ1) is 16.6. The largest absolute Gasteiger partial charge is 0.503 e. The lowest BCUT2D eigenvalue weighted by Gasteiger charge is -2.08. The Balaban J connectivity index is 2.09. The summed E-state index contributed by atoms with van der Waals surface area (Å²) in [6.07, 6.45) is 1.51. The van der Waals surface area contributed by atoms with Crippen molar-refractivity contribution in [3.63, 3.8) is 0 Å². The van der Waals surface area contributed by atoms with Crippen molar-refractivity contribution in [1.29, 1.82) is 0 Å². The van der Waals surface area contributed by atoms with E-state index in [0.29, 0.717) is 17.9 Å². The van der Waals surface area contributed by atoms with E-state index < -0.39 is 5.97 Å². The standard InChI is InChI=1S/C16H15ClN2O4/c1-2-23-14-8-10(7-13(17)15(14)20)9-18-19-12-5-3-11(4-6-12)16(21)22/h3-9,19-20H,2H2,1H3,(H,21,22). The number of carboxylic acid groups (broad SMARTS) is 1. The number of carboxylic acids is 1. The average Bonchev–Trinajstić information content (AvgIpc) is 2.53. The SMILES string of the molecule is CCOc1cc(C=NNc2ccc(C(=O)O)cc2)cc(Cl)c1O. The summed E-state index contributed by atoms with van der Waals surface area (Å²) in [5, 5.41) is 22.8. The Kier molecular flexibility index (Phi) is 5.43. The zero-order chi connectivity index (χ0) is 16.8. The smallest absolute Gasteiger partial charge is 0.335 e. The van der Waals surface area contributed by atoms with Crippen molar-refractivity contribution in [2.75, 3.05) is 12.0 Å². The minimum Gasteiger partial charge on any atom is -0.503 e. The molecular weight excluding hydrogens is 320 g/mol. The summed E-state index contributed by atoms with van der Waals surface area (Å²) in [6, 6.07) is 9.34. The second-order valence-electron chi connectivity index (χ2n) is 4.53. The first-order valence-electron chi connectivity index (χ1n) is 6.79. The summed E-state index contributed by atoms with van der Waals surface area (Å²) < 4.78 is 5.29. The molecule has 0 aromatic heterocycles. The van der Waals surface area contributed by atoms with Crippen LogP contribution in [-0.4, -0.2) is 29.0 Å². The highest BCUT2D eigenvalue weighted by Gasteiger charge is 2.08. The van der Waals surface area contributed by atoms with Gasteiger partial charge in [-0.3, -0.25) is 5.43 Å². The van der Waals surface area contributed by atoms with Crippen molar-refractivity contribution < 1.29 is 19.7 Å². The number of hydrazone groups is 1. The number of benzene rings is 2. The number of nitrogens with one attached hydrogen (secondary N) is 1. The molecule has 0 amide bonds. The maximum Gasteiger partial charge on any atom is 0.335 e. The molecule has 0 atom stereocenters. The average molecular weight is 335 g/mol. The molecule has 6 nitrogen and oxygen atoms in total. The molecule has 0 aliphatic heterocycles. The molecule has 0 bridgehead atoms. The number of anilines is 1. The molecule has 0 heterocycles. The molecule has 2 rings (SSSR count). The quantitative estimate of drug-likeness (QED) is 0.554. The number of aromatic hydroxyl groups is 1. The minimum absolute atomic E-state index is 0.108. The van der Waals surface area contributed by atoms with Gasteiger partial charge in [-0.2, -0.15) is 5.10 Å². The van der Waals surface area contributed by atoms with E-state index >= 15 is 0 Å². The van der Waals surface area contributed by atoms with E-state index in [1.54, 1.807) is 31.2 Å². The molecule has 0 aliphatic rings. The maximum absolute atomic E-state index is 10.8. The second kappa shape index (κ2) is 7.51. The number of hydrogen-bond donors (Lipinski definition) is 3. The molecule has 2 aromatic rings. The van der Waals surface area contributed by atoms with E-state index in [4.69, 9.17) is 21.4 Å². The lowest BCUT2D eigenvalue weighted by atomic mass is 10.2. The Hall–Kier alpha value is -2.73. The fourth-order valence-electron chi connectivity index (χ4n) is 1.80. The van der Waals surface area contributed by atoms with Gasteiger partial charge in [0.05, 0.1) is 29.1 Å². The number of ether oxygens (including phenoxy) is 1. The number of carbonyl (C=O) groups is 1. The molecule has 23 heavy (non-hydrogen) atoms. The van der Waals surface area contributed by atoms with Crippen LogP contribution >= 0.6 is 11.6 Å². The van der Waals surface area contributed by atoms with Crippen molar-refractivity contribution in [2.24, 2.45) is 5.10 Å². The summed E-state index contributed by atoms with van der Waals surface area (Å²) in [4.78, 5) is 10.8.